The fourth-order valence-corrected chi connectivity index (χ4v) is 2.92. The summed E-state index contributed by atoms with van der Waals surface area (Å²) < 4.78 is 14.1. The Kier molecular flexibility index (Phi) is 13.4. The van der Waals surface area contributed by atoms with Gasteiger partial charge in [0.1, 0.15) is 5.82 Å². The predicted molar refractivity (Wildman–Crippen MR) is 124 cm³/mol. The molecule has 0 spiro atoms. The van der Waals surface area contributed by atoms with Gasteiger partial charge < -0.3 is 20.6 Å². The molecule has 7 heteroatoms. The maximum atomic E-state index is 14.1. The number of aliphatic hydroxyl groups is 1. The Balaban J connectivity index is 0.00000676. The first-order chi connectivity index (χ1) is 12.4. The van der Waals surface area contributed by atoms with Crippen molar-refractivity contribution in [3.8, 4) is 0 Å². The zero-order valence-corrected chi connectivity index (χ0v) is 19.6. The molecule has 0 aliphatic carbocycles. The zero-order valence-electron chi connectivity index (χ0n) is 17.3. The standard InChI is InChI=1S/C20H35FN4O.HI/c1-6-22-20(24-14-17(9-10-26)11-15(2)3)23-13-16-7-8-19(25(4)5)18(21)12-16;/h7-8,12,15,17,26H,6,9-11,13-14H2,1-5H3,(H2,22,23,24);1H. The van der Waals surface area contributed by atoms with E-state index in [1.165, 1.54) is 6.07 Å². The minimum atomic E-state index is -0.236. The van der Waals surface area contributed by atoms with Crippen molar-refractivity contribution >= 4 is 35.6 Å². The van der Waals surface area contributed by atoms with E-state index in [1.807, 2.05) is 27.1 Å². The summed E-state index contributed by atoms with van der Waals surface area (Å²) in [5, 5.41) is 15.8. The summed E-state index contributed by atoms with van der Waals surface area (Å²) in [4.78, 5) is 6.32. The molecule has 5 nitrogen and oxygen atoms in total. The van der Waals surface area contributed by atoms with E-state index in [9.17, 15) is 9.50 Å². The van der Waals surface area contributed by atoms with Gasteiger partial charge in [0, 0.05) is 33.8 Å². The summed E-state index contributed by atoms with van der Waals surface area (Å²) in [5.41, 5.74) is 1.41. The van der Waals surface area contributed by atoms with Crippen molar-refractivity contribution in [1.29, 1.82) is 0 Å². The Morgan fingerprint density at radius 3 is 2.48 bits per heavy atom. The van der Waals surface area contributed by atoms with Gasteiger partial charge in [-0.1, -0.05) is 19.9 Å². The molecular weight excluding hydrogens is 458 g/mol. The second-order valence-electron chi connectivity index (χ2n) is 7.26. The highest BCUT2D eigenvalue weighted by Crippen LogP contribution is 2.18. The summed E-state index contributed by atoms with van der Waals surface area (Å²) in [6.07, 6.45) is 1.84. The van der Waals surface area contributed by atoms with Crippen molar-refractivity contribution < 1.29 is 9.50 Å². The van der Waals surface area contributed by atoms with Crippen molar-refractivity contribution in [2.24, 2.45) is 16.8 Å². The van der Waals surface area contributed by atoms with Gasteiger partial charge in [-0.2, -0.15) is 0 Å². The Morgan fingerprint density at radius 2 is 1.96 bits per heavy atom. The first kappa shape index (κ1) is 25.9. The summed E-state index contributed by atoms with van der Waals surface area (Å²) in [7, 11) is 3.65. The third-order valence-electron chi connectivity index (χ3n) is 4.16. The first-order valence-electron chi connectivity index (χ1n) is 9.46. The maximum Gasteiger partial charge on any atom is 0.191 e. The fourth-order valence-electron chi connectivity index (χ4n) is 2.92. The van der Waals surface area contributed by atoms with Crippen LogP contribution in [-0.4, -0.2) is 44.9 Å². The predicted octanol–water partition coefficient (Wildman–Crippen LogP) is 3.61. The van der Waals surface area contributed by atoms with Crippen LogP contribution in [0.3, 0.4) is 0 Å². The number of guanidine groups is 1. The average Bonchev–Trinajstić information content (AvgIpc) is 2.56. The molecule has 0 amide bonds. The second-order valence-corrected chi connectivity index (χ2v) is 7.26. The lowest BCUT2D eigenvalue weighted by Crippen LogP contribution is -2.40. The third-order valence-corrected chi connectivity index (χ3v) is 4.16. The number of benzene rings is 1. The second kappa shape index (κ2) is 14.0. The topological polar surface area (TPSA) is 59.9 Å². The minimum absolute atomic E-state index is 0. The molecule has 1 unspecified atom stereocenters. The molecule has 3 N–H and O–H groups in total. The molecule has 1 aromatic carbocycles. The molecule has 27 heavy (non-hydrogen) atoms. The molecule has 0 aliphatic rings. The van der Waals surface area contributed by atoms with E-state index >= 15 is 0 Å². The lowest BCUT2D eigenvalue weighted by molar-refractivity contribution is 0.243. The molecule has 0 radical (unpaired) electrons. The Bertz CT molecular complexity index is 567. The van der Waals surface area contributed by atoms with Crippen LogP contribution in [0.2, 0.25) is 0 Å². The largest absolute Gasteiger partial charge is 0.396 e. The molecule has 1 atom stereocenters. The van der Waals surface area contributed by atoms with Crippen LogP contribution in [0.15, 0.2) is 23.2 Å². The molecule has 156 valence electrons. The number of anilines is 1. The van der Waals surface area contributed by atoms with Gasteiger partial charge in [0.05, 0.1) is 12.2 Å². The van der Waals surface area contributed by atoms with Crippen LogP contribution in [0.25, 0.3) is 0 Å². The van der Waals surface area contributed by atoms with Crippen LogP contribution >= 0.6 is 24.0 Å². The van der Waals surface area contributed by atoms with E-state index in [2.05, 4.69) is 29.5 Å². The summed E-state index contributed by atoms with van der Waals surface area (Å²) in [6.45, 7) is 8.53. The third kappa shape index (κ3) is 10.1. The normalized spacial score (nSPS) is 12.5. The van der Waals surface area contributed by atoms with Gasteiger partial charge in [-0.05, 0) is 49.3 Å². The van der Waals surface area contributed by atoms with Gasteiger partial charge in [0.25, 0.3) is 0 Å². The van der Waals surface area contributed by atoms with Gasteiger partial charge in [-0.3, -0.25) is 0 Å². The van der Waals surface area contributed by atoms with Gasteiger partial charge in [-0.15, -0.1) is 24.0 Å². The molecule has 0 saturated heterocycles. The monoisotopic (exact) mass is 494 g/mol. The van der Waals surface area contributed by atoms with Crippen LogP contribution < -0.4 is 15.5 Å². The molecule has 0 aliphatic heterocycles. The zero-order chi connectivity index (χ0) is 19.5. The number of nitrogens with one attached hydrogen (secondary N) is 2. The lowest BCUT2D eigenvalue weighted by Gasteiger charge is -2.20. The molecule has 0 fully saturated rings. The molecule has 0 aromatic heterocycles. The number of aliphatic hydroxyl groups excluding tert-OH is 1. The van der Waals surface area contributed by atoms with E-state index in [1.54, 1.807) is 11.0 Å². The van der Waals surface area contributed by atoms with Crippen molar-refractivity contribution in [3.05, 3.63) is 29.6 Å². The summed E-state index contributed by atoms with van der Waals surface area (Å²) >= 11 is 0. The molecule has 1 rings (SSSR count). The number of hydrogen-bond acceptors (Lipinski definition) is 3. The van der Waals surface area contributed by atoms with E-state index in [4.69, 9.17) is 0 Å². The molecule has 0 bridgehead atoms. The quantitative estimate of drug-likeness (QED) is 0.264. The summed E-state index contributed by atoms with van der Waals surface area (Å²) in [6, 6.07) is 5.22. The molecule has 0 heterocycles. The lowest BCUT2D eigenvalue weighted by atomic mass is 9.94. The smallest absolute Gasteiger partial charge is 0.191 e. The minimum Gasteiger partial charge on any atom is -0.396 e. The van der Waals surface area contributed by atoms with Crippen molar-refractivity contribution in [2.75, 3.05) is 38.7 Å². The Morgan fingerprint density at radius 1 is 1.26 bits per heavy atom. The van der Waals surface area contributed by atoms with E-state index in [-0.39, 0.29) is 36.4 Å². The van der Waals surface area contributed by atoms with Crippen LogP contribution in [-0.2, 0) is 6.54 Å². The Labute approximate surface area is 180 Å². The fraction of sp³-hybridized carbons (Fsp3) is 0.650. The van der Waals surface area contributed by atoms with Crippen LogP contribution in [0.4, 0.5) is 10.1 Å². The van der Waals surface area contributed by atoms with Gasteiger partial charge in [0.15, 0.2) is 5.96 Å². The van der Waals surface area contributed by atoms with Crippen molar-refractivity contribution in [2.45, 2.75) is 40.2 Å². The average molecular weight is 494 g/mol. The number of rotatable bonds is 10. The van der Waals surface area contributed by atoms with Gasteiger partial charge in [0.2, 0.25) is 0 Å². The van der Waals surface area contributed by atoms with Crippen LogP contribution in [0.5, 0.6) is 0 Å². The first-order valence-corrected chi connectivity index (χ1v) is 9.46. The Hall–Kier alpha value is -1.09. The van der Waals surface area contributed by atoms with Gasteiger partial charge >= 0.3 is 0 Å². The van der Waals surface area contributed by atoms with Crippen LogP contribution in [0, 0.1) is 17.7 Å². The number of halogens is 2. The van der Waals surface area contributed by atoms with E-state index in [0.717, 1.165) is 37.5 Å². The molecule has 1 aromatic rings. The number of hydrogen-bond donors (Lipinski definition) is 3. The molecule has 0 saturated carbocycles. The highest BCUT2D eigenvalue weighted by atomic mass is 127. The molecular formula is C20H36FIN4O. The highest BCUT2D eigenvalue weighted by molar-refractivity contribution is 14.0. The maximum absolute atomic E-state index is 14.1. The SMILES string of the molecule is CCNC(=NCc1ccc(N(C)C)c(F)c1)NCC(CCO)CC(C)C.I. The number of aliphatic imine (C=N–C) groups is 1. The van der Waals surface area contributed by atoms with Crippen molar-refractivity contribution in [3.63, 3.8) is 0 Å². The van der Waals surface area contributed by atoms with Crippen LogP contribution in [0.1, 0.15) is 39.2 Å². The van der Waals surface area contributed by atoms with Crippen molar-refractivity contribution in [1.82, 2.24) is 10.6 Å². The van der Waals surface area contributed by atoms with E-state index < -0.39 is 0 Å². The number of nitrogens with zero attached hydrogens (tertiary/aromatic N) is 2. The van der Waals surface area contributed by atoms with E-state index in [0.29, 0.717) is 24.1 Å². The summed E-state index contributed by atoms with van der Waals surface area (Å²) in [5.74, 6) is 1.48. The highest BCUT2D eigenvalue weighted by Gasteiger charge is 2.11. The van der Waals surface area contributed by atoms with Gasteiger partial charge in [-0.25, -0.2) is 9.38 Å².